The minimum Gasteiger partial charge on any atom is -0.480 e. The molecule has 0 heterocycles. The number of ether oxygens (including phenoxy) is 1. The monoisotopic (exact) mass is 311 g/mol. The van der Waals surface area contributed by atoms with Gasteiger partial charge in [0, 0.05) is 18.4 Å². The molecule has 0 aromatic rings. The topological polar surface area (TPSA) is 107 Å². The molecule has 2 rings (SSSR count). The Morgan fingerprint density at radius 2 is 1.82 bits per heavy atom. The summed E-state index contributed by atoms with van der Waals surface area (Å²) < 4.78 is 5.34. The van der Waals surface area contributed by atoms with E-state index >= 15 is 0 Å². The van der Waals surface area contributed by atoms with Crippen molar-refractivity contribution in [2.24, 2.45) is 23.0 Å². The Hall–Kier alpha value is -1.43. The molecule has 0 aliphatic heterocycles. The number of carboxylic acids is 1. The van der Waals surface area contributed by atoms with E-state index < -0.39 is 34.9 Å². The number of rotatable bonds is 3. The fraction of sp³-hybridized carbons (Fsp3) is 0.812. The van der Waals surface area contributed by atoms with Crippen LogP contribution in [0.1, 0.15) is 52.9 Å². The minimum atomic E-state index is -1.95. The van der Waals surface area contributed by atoms with Gasteiger partial charge < -0.3 is 15.6 Å². The number of Topliss-reactive ketones (excluding diaryl/α,β-unsaturated/α-hetero) is 1. The molecule has 2 fully saturated rings. The molecule has 124 valence electrons. The van der Waals surface area contributed by atoms with Crippen LogP contribution in [0, 0.1) is 17.3 Å². The summed E-state index contributed by atoms with van der Waals surface area (Å²) in [5, 5.41) is 9.82. The van der Waals surface area contributed by atoms with E-state index in [0.717, 1.165) is 25.7 Å². The van der Waals surface area contributed by atoms with Crippen LogP contribution in [0.25, 0.3) is 0 Å². The molecular formula is C16H25NO5. The molecule has 3 unspecified atom stereocenters. The summed E-state index contributed by atoms with van der Waals surface area (Å²) in [5.74, 6) is -3.38. The van der Waals surface area contributed by atoms with Gasteiger partial charge in [0.2, 0.25) is 0 Å². The van der Waals surface area contributed by atoms with Crippen molar-refractivity contribution in [2.45, 2.75) is 64.5 Å². The summed E-state index contributed by atoms with van der Waals surface area (Å²) in [6.45, 7) is 5.02. The zero-order chi connectivity index (χ0) is 16.7. The second-order valence-corrected chi connectivity index (χ2v) is 7.48. The van der Waals surface area contributed by atoms with Crippen molar-refractivity contribution in [1.29, 1.82) is 0 Å². The smallest absolute Gasteiger partial charge is 0.326 e. The summed E-state index contributed by atoms with van der Waals surface area (Å²) in [5.41, 5.74) is 3.21. The maximum atomic E-state index is 12.7. The first kappa shape index (κ1) is 16.9. The van der Waals surface area contributed by atoms with Gasteiger partial charge in [-0.25, -0.2) is 0 Å². The first-order valence-corrected chi connectivity index (χ1v) is 7.86. The molecule has 22 heavy (non-hydrogen) atoms. The van der Waals surface area contributed by atoms with Crippen molar-refractivity contribution < 1.29 is 24.2 Å². The van der Waals surface area contributed by atoms with Gasteiger partial charge in [0.25, 0.3) is 0 Å². The Kier molecular flexibility index (Phi) is 4.35. The highest BCUT2D eigenvalue weighted by Crippen LogP contribution is 2.50. The number of nitrogens with two attached hydrogens (primary N) is 1. The molecule has 2 aliphatic carbocycles. The third-order valence-electron chi connectivity index (χ3n) is 4.81. The van der Waals surface area contributed by atoms with Crippen LogP contribution in [0.5, 0.6) is 0 Å². The Balaban J connectivity index is 2.46. The third-order valence-corrected chi connectivity index (χ3v) is 4.81. The molecule has 0 amide bonds. The van der Waals surface area contributed by atoms with Crippen LogP contribution in [-0.2, 0) is 19.1 Å². The Morgan fingerprint density at radius 1 is 1.27 bits per heavy atom. The zero-order valence-electron chi connectivity index (χ0n) is 13.4. The average Bonchev–Trinajstić information content (AvgIpc) is 2.92. The molecule has 0 bridgehead atoms. The Morgan fingerprint density at radius 3 is 2.27 bits per heavy atom. The number of carboxylic acid groups (broad SMARTS) is 1. The van der Waals surface area contributed by atoms with Gasteiger partial charge in [-0.1, -0.05) is 12.8 Å². The Labute approximate surface area is 130 Å². The number of esters is 1. The summed E-state index contributed by atoms with van der Waals surface area (Å²) in [4.78, 5) is 37.2. The number of carbonyl (C=O) groups excluding carboxylic acids is 2. The van der Waals surface area contributed by atoms with Crippen molar-refractivity contribution in [2.75, 3.05) is 0 Å². The molecule has 0 aromatic carbocycles. The summed E-state index contributed by atoms with van der Waals surface area (Å²) in [7, 11) is 0. The van der Waals surface area contributed by atoms with E-state index in [2.05, 4.69) is 0 Å². The quantitative estimate of drug-likeness (QED) is 0.604. The van der Waals surface area contributed by atoms with Crippen LogP contribution in [0.4, 0.5) is 0 Å². The van der Waals surface area contributed by atoms with Crippen LogP contribution in [0.2, 0.25) is 0 Å². The van der Waals surface area contributed by atoms with Crippen molar-refractivity contribution in [3.05, 3.63) is 0 Å². The van der Waals surface area contributed by atoms with Crippen molar-refractivity contribution in [1.82, 2.24) is 0 Å². The predicted octanol–water partition coefficient (Wildman–Crippen LogP) is 1.51. The SMILES string of the molecule is CC(C)(C)OC(=O)C1(C(=O)O)C(N)CC(=O)C1C1CCCC1. The van der Waals surface area contributed by atoms with Crippen LogP contribution >= 0.6 is 0 Å². The van der Waals surface area contributed by atoms with Gasteiger partial charge in [-0.3, -0.25) is 14.4 Å². The fourth-order valence-corrected chi connectivity index (χ4v) is 3.93. The van der Waals surface area contributed by atoms with E-state index in [0.29, 0.717) is 0 Å². The normalized spacial score (nSPS) is 33.2. The highest BCUT2D eigenvalue weighted by atomic mass is 16.6. The number of ketones is 1. The van der Waals surface area contributed by atoms with Gasteiger partial charge in [0.1, 0.15) is 11.4 Å². The number of hydrogen-bond donors (Lipinski definition) is 2. The lowest BCUT2D eigenvalue weighted by Crippen LogP contribution is -2.57. The number of aliphatic carboxylic acids is 1. The van der Waals surface area contributed by atoms with E-state index in [9.17, 15) is 19.5 Å². The summed E-state index contributed by atoms with van der Waals surface area (Å²) in [6.07, 6.45) is 3.36. The fourth-order valence-electron chi connectivity index (χ4n) is 3.93. The molecule has 3 atom stereocenters. The predicted molar refractivity (Wildman–Crippen MR) is 79.0 cm³/mol. The van der Waals surface area contributed by atoms with Gasteiger partial charge >= 0.3 is 11.9 Å². The first-order chi connectivity index (χ1) is 10.1. The molecule has 6 heteroatoms. The molecule has 0 aromatic heterocycles. The van der Waals surface area contributed by atoms with Crippen LogP contribution in [0.3, 0.4) is 0 Å². The standard InChI is InChI=1S/C16H25NO5/c1-15(2,3)22-14(21)16(13(19)20)11(17)8-10(18)12(16)9-6-4-5-7-9/h9,11-12H,4-8,17H2,1-3H3,(H,19,20). The molecule has 0 radical (unpaired) electrons. The van der Waals surface area contributed by atoms with Gasteiger partial charge in [-0.15, -0.1) is 0 Å². The van der Waals surface area contributed by atoms with E-state index in [1.165, 1.54) is 0 Å². The lowest BCUT2D eigenvalue weighted by molar-refractivity contribution is -0.183. The molecular weight excluding hydrogens is 286 g/mol. The third kappa shape index (κ3) is 2.64. The van der Waals surface area contributed by atoms with Crippen molar-refractivity contribution in [3.63, 3.8) is 0 Å². The molecule has 3 N–H and O–H groups in total. The molecule has 0 saturated heterocycles. The van der Waals surface area contributed by atoms with Crippen LogP contribution in [-0.4, -0.2) is 34.5 Å². The van der Waals surface area contributed by atoms with E-state index in [-0.39, 0.29) is 18.1 Å². The van der Waals surface area contributed by atoms with Gasteiger partial charge in [0.15, 0.2) is 5.41 Å². The second-order valence-electron chi connectivity index (χ2n) is 7.48. The molecule has 6 nitrogen and oxygen atoms in total. The lowest BCUT2D eigenvalue weighted by atomic mass is 9.69. The molecule has 2 aliphatic rings. The zero-order valence-corrected chi connectivity index (χ0v) is 13.4. The van der Waals surface area contributed by atoms with Crippen molar-refractivity contribution in [3.8, 4) is 0 Å². The lowest BCUT2D eigenvalue weighted by Gasteiger charge is -2.36. The number of hydrogen-bond acceptors (Lipinski definition) is 5. The number of carbonyl (C=O) groups is 3. The largest absolute Gasteiger partial charge is 0.480 e. The van der Waals surface area contributed by atoms with Crippen molar-refractivity contribution >= 4 is 17.7 Å². The maximum Gasteiger partial charge on any atom is 0.326 e. The van der Waals surface area contributed by atoms with E-state index in [1.807, 2.05) is 0 Å². The van der Waals surface area contributed by atoms with Gasteiger partial charge in [-0.05, 0) is 39.5 Å². The van der Waals surface area contributed by atoms with Gasteiger partial charge in [-0.2, -0.15) is 0 Å². The van der Waals surface area contributed by atoms with Crippen LogP contribution < -0.4 is 5.73 Å². The maximum absolute atomic E-state index is 12.7. The summed E-state index contributed by atoms with van der Waals surface area (Å²) >= 11 is 0. The Bertz CT molecular complexity index is 489. The average molecular weight is 311 g/mol. The first-order valence-electron chi connectivity index (χ1n) is 7.86. The van der Waals surface area contributed by atoms with E-state index in [1.54, 1.807) is 20.8 Å². The van der Waals surface area contributed by atoms with Gasteiger partial charge in [0.05, 0.1) is 0 Å². The minimum absolute atomic E-state index is 0.0767. The summed E-state index contributed by atoms with van der Waals surface area (Å²) in [6, 6.07) is -1.03. The van der Waals surface area contributed by atoms with Crippen LogP contribution in [0.15, 0.2) is 0 Å². The second kappa shape index (κ2) is 5.65. The van der Waals surface area contributed by atoms with E-state index in [4.69, 9.17) is 10.5 Å². The highest BCUT2D eigenvalue weighted by Gasteiger charge is 2.67. The molecule has 0 spiro atoms. The molecule has 2 saturated carbocycles. The highest BCUT2D eigenvalue weighted by molar-refractivity contribution is 6.08.